The summed E-state index contributed by atoms with van der Waals surface area (Å²) in [5.41, 5.74) is 2.86. The molecule has 0 unspecified atom stereocenters. The van der Waals surface area contributed by atoms with Gasteiger partial charge in [0.1, 0.15) is 13.2 Å². The van der Waals surface area contributed by atoms with E-state index in [-0.39, 0.29) is 36.0 Å². The number of methoxy groups -OCH3 is 1. The van der Waals surface area contributed by atoms with Gasteiger partial charge in [0.15, 0.2) is 11.6 Å². The summed E-state index contributed by atoms with van der Waals surface area (Å²) in [4.78, 5) is 23.5. The van der Waals surface area contributed by atoms with E-state index in [4.69, 9.17) is 14.2 Å². The van der Waals surface area contributed by atoms with Gasteiger partial charge < -0.3 is 14.2 Å². The smallest absolute Gasteiger partial charge is 0.333 e. The lowest BCUT2D eigenvalue weighted by molar-refractivity contribution is -0.142. The lowest BCUT2D eigenvalue weighted by atomic mass is 9.97. The summed E-state index contributed by atoms with van der Waals surface area (Å²) < 4.78 is 29.4. The van der Waals surface area contributed by atoms with E-state index in [9.17, 15) is 14.0 Å². The molecule has 0 aliphatic carbocycles. The van der Waals surface area contributed by atoms with E-state index in [0.717, 1.165) is 11.1 Å². The molecule has 2 aromatic rings. The SMILES string of the molecule is C=C(C)C(=O)OCC(COC(=O)C(=C)C)c1ccc(-c2ccc(OC)c(F)c2)cc1. The van der Waals surface area contributed by atoms with Gasteiger partial charge in [-0.2, -0.15) is 0 Å². The van der Waals surface area contributed by atoms with Crippen LogP contribution < -0.4 is 4.74 Å². The molecule has 0 bridgehead atoms. The first-order valence-corrected chi connectivity index (χ1v) is 9.32. The molecule has 2 rings (SSSR count). The normalized spacial score (nSPS) is 10.4. The maximum Gasteiger partial charge on any atom is 0.333 e. The van der Waals surface area contributed by atoms with Gasteiger partial charge in [0.05, 0.1) is 13.0 Å². The van der Waals surface area contributed by atoms with Crippen molar-refractivity contribution in [1.82, 2.24) is 0 Å². The van der Waals surface area contributed by atoms with Crippen LogP contribution in [0.2, 0.25) is 0 Å². The van der Waals surface area contributed by atoms with Crippen LogP contribution in [-0.2, 0) is 19.1 Å². The highest BCUT2D eigenvalue weighted by Gasteiger charge is 2.18. The Morgan fingerprint density at radius 2 is 1.40 bits per heavy atom. The van der Waals surface area contributed by atoms with Crippen molar-refractivity contribution < 1.29 is 28.2 Å². The minimum atomic E-state index is -0.517. The lowest BCUT2D eigenvalue weighted by Gasteiger charge is -2.18. The number of hydrogen-bond donors (Lipinski definition) is 0. The Morgan fingerprint density at radius 3 is 1.83 bits per heavy atom. The second-order valence-corrected chi connectivity index (χ2v) is 6.93. The highest BCUT2D eigenvalue weighted by Crippen LogP contribution is 2.27. The molecule has 0 saturated carbocycles. The maximum atomic E-state index is 14.0. The van der Waals surface area contributed by atoms with E-state index in [1.807, 2.05) is 24.3 Å². The van der Waals surface area contributed by atoms with Gasteiger partial charge in [0, 0.05) is 11.1 Å². The molecular formula is C24H25FO5. The summed E-state index contributed by atoms with van der Waals surface area (Å²) in [5.74, 6) is -1.68. The third-order valence-electron chi connectivity index (χ3n) is 4.40. The van der Waals surface area contributed by atoms with Crippen molar-refractivity contribution in [3.05, 3.63) is 78.1 Å². The molecule has 0 amide bonds. The molecule has 0 N–H and O–H groups in total. The number of ether oxygens (including phenoxy) is 3. The van der Waals surface area contributed by atoms with Gasteiger partial charge in [0.2, 0.25) is 0 Å². The first-order valence-electron chi connectivity index (χ1n) is 9.32. The summed E-state index contributed by atoms with van der Waals surface area (Å²) in [7, 11) is 1.41. The highest BCUT2D eigenvalue weighted by molar-refractivity contribution is 5.87. The number of benzene rings is 2. The van der Waals surface area contributed by atoms with E-state index in [0.29, 0.717) is 5.56 Å². The molecule has 0 radical (unpaired) electrons. The fraction of sp³-hybridized carbons (Fsp3) is 0.250. The van der Waals surface area contributed by atoms with E-state index < -0.39 is 17.8 Å². The van der Waals surface area contributed by atoms with Gasteiger partial charge in [-0.15, -0.1) is 0 Å². The number of hydrogen-bond acceptors (Lipinski definition) is 5. The molecule has 5 nitrogen and oxygen atoms in total. The molecule has 2 aromatic carbocycles. The fourth-order valence-electron chi connectivity index (χ4n) is 2.63. The minimum absolute atomic E-state index is 0.0195. The van der Waals surface area contributed by atoms with Crippen molar-refractivity contribution in [2.75, 3.05) is 20.3 Å². The van der Waals surface area contributed by atoms with Crippen molar-refractivity contribution in [1.29, 1.82) is 0 Å². The van der Waals surface area contributed by atoms with Crippen LogP contribution >= 0.6 is 0 Å². The van der Waals surface area contributed by atoms with Gasteiger partial charge >= 0.3 is 11.9 Å². The van der Waals surface area contributed by atoms with E-state index in [2.05, 4.69) is 13.2 Å². The predicted molar refractivity (Wildman–Crippen MR) is 113 cm³/mol. The molecule has 0 heterocycles. The van der Waals surface area contributed by atoms with Crippen LogP contribution in [0.25, 0.3) is 11.1 Å². The standard InChI is InChI=1S/C24H25FO5/c1-15(2)23(26)29-13-20(14-30-24(27)16(3)4)18-8-6-17(7-9-18)19-10-11-22(28-5)21(25)12-19/h6-12,20H,1,3,13-14H2,2,4-5H3. The second kappa shape index (κ2) is 10.4. The number of carbonyl (C=O) groups excluding carboxylic acids is 2. The average Bonchev–Trinajstić information content (AvgIpc) is 2.73. The van der Waals surface area contributed by atoms with Crippen LogP contribution in [0.15, 0.2) is 66.8 Å². The number of esters is 2. The summed E-state index contributed by atoms with van der Waals surface area (Å²) >= 11 is 0. The van der Waals surface area contributed by atoms with Gasteiger partial charge in [-0.25, -0.2) is 14.0 Å². The topological polar surface area (TPSA) is 61.8 Å². The van der Waals surface area contributed by atoms with Gasteiger partial charge in [0.25, 0.3) is 0 Å². The Bertz CT molecular complexity index is 917. The first-order chi connectivity index (χ1) is 14.2. The van der Waals surface area contributed by atoms with Crippen LogP contribution in [0.5, 0.6) is 5.75 Å². The zero-order valence-corrected chi connectivity index (χ0v) is 17.4. The van der Waals surface area contributed by atoms with Crippen LogP contribution in [0.4, 0.5) is 4.39 Å². The highest BCUT2D eigenvalue weighted by atomic mass is 19.1. The zero-order chi connectivity index (χ0) is 22.3. The second-order valence-electron chi connectivity index (χ2n) is 6.93. The van der Waals surface area contributed by atoms with Gasteiger partial charge in [-0.3, -0.25) is 0 Å². The Morgan fingerprint density at radius 1 is 0.900 bits per heavy atom. The maximum absolute atomic E-state index is 14.0. The monoisotopic (exact) mass is 412 g/mol. The Kier molecular flexibility index (Phi) is 7.92. The molecule has 0 atom stereocenters. The molecule has 0 aliphatic heterocycles. The summed E-state index contributed by atoms with van der Waals surface area (Å²) in [6.07, 6.45) is 0. The minimum Gasteiger partial charge on any atom is -0.494 e. The van der Waals surface area contributed by atoms with Crippen molar-refractivity contribution in [3.63, 3.8) is 0 Å². The zero-order valence-electron chi connectivity index (χ0n) is 17.4. The van der Waals surface area contributed by atoms with Crippen LogP contribution in [0.3, 0.4) is 0 Å². The van der Waals surface area contributed by atoms with Crippen molar-refractivity contribution in [2.24, 2.45) is 0 Å². The number of carbonyl (C=O) groups is 2. The van der Waals surface area contributed by atoms with Crippen molar-refractivity contribution in [3.8, 4) is 16.9 Å². The lowest BCUT2D eigenvalue weighted by Crippen LogP contribution is -2.20. The molecule has 158 valence electrons. The first kappa shape index (κ1) is 22.9. The van der Waals surface area contributed by atoms with Crippen molar-refractivity contribution >= 4 is 11.9 Å². The number of halogens is 1. The summed E-state index contributed by atoms with van der Waals surface area (Å²) in [6, 6.07) is 12.0. The Hall–Kier alpha value is -3.41. The molecule has 0 fully saturated rings. The van der Waals surface area contributed by atoms with Crippen molar-refractivity contribution in [2.45, 2.75) is 19.8 Å². The van der Waals surface area contributed by atoms with E-state index in [1.165, 1.54) is 13.2 Å². The molecule has 6 heteroatoms. The van der Waals surface area contributed by atoms with Crippen LogP contribution in [-0.4, -0.2) is 32.3 Å². The molecular weight excluding hydrogens is 387 g/mol. The number of rotatable bonds is 9. The molecule has 30 heavy (non-hydrogen) atoms. The largest absolute Gasteiger partial charge is 0.494 e. The Labute approximate surface area is 175 Å². The molecule has 0 spiro atoms. The molecule has 0 saturated heterocycles. The molecule has 0 aromatic heterocycles. The van der Waals surface area contributed by atoms with Gasteiger partial charge in [-0.05, 0) is 42.7 Å². The summed E-state index contributed by atoms with van der Waals surface area (Å²) in [5, 5.41) is 0. The van der Waals surface area contributed by atoms with E-state index >= 15 is 0 Å². The predicted octanol–water partition coefficient (Wildman–Crippen LogP) is 4.82. The Balaban J connectivity index is 2.20. The third-order valence-corrected chi connectivity index (χ3v) is 4.40. The van der Waals surface area contributed by atoms with Gasteiger partial charge in [-0.1, -0.05) is 43.5 Å². The van der Waals surface area contributed by atoms with Crippen LogP contribution in [0.1, 0.15) is 25.3 Å². The molecule has 0 aliphatic rings. The average molecular weight is 412 g/mol. The third kappa shape index (κ3) is 6.04. The summed E-state index contributed by atoms with van der Waals surface area (Å²) in [6.45, 7) is 10.3. The van der Waals surface area contributed by atoms with Crippen LogP contribution in [0, 0.1) is 5.82 Å². The fourth-order valence-corrected chi connectivity index (χ4v) is 2.63. The quantitative estimate of drug-likeness (QED) is 0.436. The van der Waals surface area contributed by atoms with E-state index in [1.54, 1.807) is 26.0 Å².